The maximum Gasteiger partial charge on any atom is 0.0512 e. The fourth-order valence-electron chi connectivity index (χ4n) is 3.79. The van der Waals surface area contributed by atoms with Crippen LogP contribution in [0.5, 0.6) is 0 Å². The number of fused-ring (bicyclic) bond motifs is 1. The van der Waals surface area contributed by atoms with Gasteiger partial charge in [0.2, 0.25) is 0 Å². The summed E-state index contributed by atoms with van der Waals surface area (Å²) < 4.78 is 5.53. The van der Waals surface area contributed by atoms with Crippen molar-refractivity contribution < 1.29 is 4.74 Å². The molecule has 0 radical (unpaired) electrons. The highest BCUT2D eigenvalue weighted by atomic mass is 16.5. The van der Waals surface area contributed by atoms with Crippen LogP contribution in [-0.4, -0.2) is 18.8 Å². The lowest BCUT2D eigenvalue weighted by molar-refractivity contribution is 0.0346. The van der Waals surface area contributed by atoms with Gasteiger partial charge >= 0.3 is 0 Å². The summed E-state index contributed by atoms with van der Waals surface area (Å²) in [6.45, 7) is 1.89. The highest BCUT2D eigenvalue weighted by Crippen LogP contribution is 2.63. The Morgan fingerprint density at radius 2 is 1.85 bits per heavy atom. The van der Waals surface area contributed by atoms with Gasteiger partial charge in [0.25, 0.3) is 0 Å². The van der Waals surface area contributed by atoms with Gasteiger partial charge in [-0.2, -0.15) is 0 Å². The largest absolute Gasteiger partial charge is 0.381 e. The van der Waals surface area contributed by atoms with E-state index in [0.29, 0.717) is 5.92 Å². The molecule has 0 spiro atoms. The van der Waals surface area contributed by atoms with E-state index in [1.807, 2.05) is 0 Å². The van der Waals surface area contributed by atoms with Gasteiger partial charge in [-0.05, 0) is 37.5 Å². The first-order chi connectivity index (χ1) is 6.33. The lowest BCUT2D eigenvalue weighted by Gasteiger charge is -2.30. The first-order valence-corrected chi connectivity index (χ1v) is 5.70. The van der Waals surface area contributed by atoms with Crippen LogP contribution in [0.25, 0.3) is 0 Å². The van der Waals surface area contributed by atoms with Gasteiger partial charge in [0.15, 0.2) is 0 Å². The molecule has 1 saturated heterocycles. The molecular formula is C11H19NO. The summed E-state index contributed by atoms with van der Waals surface area (Å²) >= 11 is 0. The van der Waals surface area contributed by atoms with E-state index < -0.39 is 0 Å². The van der Waals surface area contributed by atoms with E-state index in [1.54, 1.807) is 0 Å². The van der Waals surface area contributed by atoms with Crippen LogP contribution in [-0.2, 0) is 4.74 Å². The number of hydrogen-bond acceptors (Lipinski definition) is 2. The molecule has 3 fully saturated rings. The lowest BCUT2D eigenvalue weighted by Crippen LogP contribution is -2.42. The summed E-state index contributed by atoms with van der Waals surface area (Å²) in [7, 11) is 0. The topological polar surface area (TPSA) is 35.2 Å². The number of hydrogen-bond donors (Lipinski definition) is 1. The SMILES string of the molecule is NC1(C2CCCOC2)C2CCCC21. The molecule has 0 aromatic carbocycles. The summed E-state index contributed by atoms with van der Waals surface area (Å²) in [5, 5.41) is 0. The van der Waals surface area contributed by atoms with Gasteiger partial charge in [0.05, 0.1) is 6.61 Å². The molecule has 1 aliphatic heterocycles. The standard InChI is InChI=1S/C11H19NO/c12-11(8-3-2-6-13-7-8)9-4-1-5-10(9)11/h8-10H,1-7,12H2. The predicted octanol–water partition coefficient (Wildman–Crippen LogP) is 1.54. The van der Waals surface area contributed by atoms with E-state index in [0.717, 1.165) is 25.0 Å². The molecule has 2 N–H and O–H groups in total. The average Bonchev–Trinajstić information content (AvgIpc) is 2.62. The third-order valence-electron chi connectivity index (χ3n) is 4.56. The molecule has 74 valence electrons. The third-order valence-corrected chi connectivity index (χ3v) is 4.56. The molecule has 0 aromatic rings. The van der Waals surface area contributed by atoms with Crippen LogP contribution < -0.4 is 5.73 Å². The zero-order chi connectivity index (χ0) is 8.89. The normalized spacial score (nSPS) is 54.7. The van der Waals surface area contributed by atoms with Crippen molar-refractivity contribution in [2.24, 2.45) is 23.5 Å². The minimum absolute atomic E-state index is 0.207. The number of nitrogens with two attached hydrogens (primary N) is 1. The van der Waals surface area contributed by atoms with Crippen molar-refractivity contribution in [3.05, 3.63) is 0 Å². The zero-order valence-electron chi connectivity index (χ0n) is 8.17. The van der Waals surface area contributed by atoms with Crippen molar-refractivity contribution in [3.8, 4) is 0 Å². The highest BCUT2D eigenvalue weighted by molar-refractivity contribution is 5.21. The fraction of sp³-hybridized carbons (Fsp3) is 1.00. The summed E-state index contributed by atoms with van der Waals surface area (Å²) in [5.74, 6) is 2.40. The van der Waals surface area contributed by atoms with Crippen LogP contribution in [0.4, 0.5) is 0 Å². The van der Waals surface area contributed by atoms with Gasteiger partial charge in [-0.25, -0.2) is 0 Å². The number of ether oxygens (including phenoxy) is 1. The summed E-state index contributed by atoms with van der Waals surface area (Å²) in [6.07, 6.45) is 6.73. The molecule has 3 atom stereocenters. The first-order valence-electron chi connectivity index (χ1n) is 5.70. The van der Waals surface area contributed by atoms with Crippen LogP contribution in [0.1, 0.15) is 32.1 Å². The van der Waals surface area contributed by atoms with Crippen molar-refractivity contribution in [1.29, 1.82) is 0 Å². The van der Waals surface area contributed by atoms with Gasteiger partial charge in [-0.3, -0.25) is 0 Å². The fourth-order valence-corrected chi connectivity index (χ4v) is 3.79. The molecule has 1 heterocycles. The molecule has 2 nitrogen and oxygen atoms in total. The molecule has 2 saturated carbocycles. The van der Waals surface area contributed by atoms with E-state index in [2.05, 4.69) is 0 Å². The van der Waals surface area contributed by atoms with E-state index in [1.165, 1.54) is 32.1 Å². The van der Waals surface area contributed by atoms with Gasteiger partial charge < -0.3 is 10.5 Å². The Labute approximate surface area is 79.8 Å². The van der Waals surface area contributed by atoms with Crippen LogP contribution in [0, 0.1) is 17.8 Å². The Kier molecular flexibility index (Phi) is 1.72. The molecule has 3 rings (SSSR count). The summed E-state index contributed by atoms with van der Waals surface area (Å²) in [4.78, 5) is 0. The Morgan fingerprint density at radius 3 is 2.46 bits per heavy atom. The van der Waals surface area contributed by atoms with Gasteiger partial charge in [-0.1, -0.05) is 6.42 Å². The molecule has 2 aliphatic carbocycles. The van der Waals surface area contributed by atoms with E-state index >= 15 is 0 Å². The predicted molar refractivity (Wildman–Crippen MR) is 51.3 cm³/mol. The average molecular weight is 181 g/mol. The molecule has 2 heteroatoms. The summed E-state index contributed by atoms with van der Waals surface area (Å²) in [6, 6.07) is 0. The molecule has 13 heavy (non-hydrogen) atoms. The minimum Gasteiger partial charge on any atom is -0.381 e. The number of rotatable bonds is 1. The van der Waals surface area contributed by atoms with E-state index in [4.69, 9.17) is 10.5 Å². The second-order valence-electron chi connectivity index (χ2n) is 5.06. The first kappa shape index (κ1) is 8.25. The zero-order valence-corrected chi connectivity index (χ0v) is 8.17. The molecule has 0 amide bonds. The maximum atomic E-state index is 6.49. The Balaban J connectivity index is 1.71. The summed E-state index contributed by atoms with van der Waals surface area (Å²) in [5.41, 5.74) is 6.70. The highest BCUT2D eigenvalue weighted by Gasteiger charge is 2.66. The molecular weight excluding hydrogens is 162 g/mol. The quantitative estimate of drug-likeness (QED) is 0.666. The van der Waals surface area contributed by atoms with Crippen molar-refractivity contribution in [2.75, 3.05) is 13.2 Å². The van der Waals surface area contributed by atoms with Crippen molar-refractivity contribution in [3.63, 3.8) is 0 Å². The lowest BCUT2D eigenvalue weighted by atomic mass is 9.86. The molecule has 3 unspecified atom stereocenters. The van der Waals surface area contributed by atoms with E-state index in [9.17, 15) is 0 Å². The maximum absolute atomic E-state index is 6.49. The molecule has 0 aromatic heterocycles. The molecule has 0 bridgehead atoms. The van der Waals surface area contributed by atoms with Crippen LogP contribution >= 0.6 is 0 Å². The van der Waals surface area contributed by atoms with Gasteiger partial charge in [0.1, 0.15) is 0 Å². The monoisotopic (exact) mass is 181 g/mol. The minimum atomic E-state index is 0.207. The smallest absolute Gasteiger partial charge is 0.0512 e. The molecule has 3 aliphatic rings. The second kappa shape index (κ2) is 2.71. The Morgan fingerprint density at radius 1 is 1.08 bits per heavy atom. The van der Waals surface area contributed by atoms with Crippen LogP contribution in [0.15, 0.2) is 0 Å². The van der Waals surface area contributed by atoms with E-state index in [-0.39, 0.29) is 5.54 Å². The van der Waals surface area contributed by atoms with Crippen LogP contribution in [0.2, 0.25) is 0 Å². The van der Waals surface area contributed by atoms with Gasteiger partial charge in [0, 0.05) is 18.1 Å². The van der Waals surface area contributed by atoms with Crippen molar-refractivity contribution >= 4 is 0 Å². The third kappa shape index (κ3) is 1.02. The Hall–Kier alpha value is -0.0800. The van der Waals surface area contributed by atoms with Crippen LogP contribution in [0.3, 0.4) is 0 Å². The van der Waals surface area contributed by atoms with Crippen molar-refractivity contribution in [2.45, 2.75) is 37.6 Å². The van der Waals surface area contributed by atoms with Crippen molar-refractivity contribution in [1.82, 2.24) is 0 Å². The second-order valence-corrected chi connectivity index (χ2v) is 5.06. The Bertz CT molecular complexity index is 200. The van der Waals surface area contributed by atoms with Gasteiger partial charge in [-0.15, -0.1) is 0 Å².